The third kappa shape index (κ3) is 4.71. The van der Waals surface area contributed by atoms with E-state index < -0.39 is 12.7 Å². The lowest BCUT2D eigenvalue weighted by Crippen LogP contribution is -2.64. The van der Waals surface area contributed by atoms with Crippen LogP contribution in [0.3, 0.4) is 0 Å². The highest BCUT2D eigenvalue weighted by Gasteiger charge is 2.40. The van der Waals surface area contributed by atoms with Crippen molar-refractivity contribution < 1.29 is 17.9 Å². The van der Waals surface area contributed by atoms with Crippen LogP contribution in [0.2, 0.25) is 5.02 Å². The summed E-state index contributed by atoms with van der Waals surface area (Å²) >= 11 is 6.58. The molecule has 1 N–H and O–H groups in total. The van der Waals surface area contributed by atoms with Gasteiger partial charge in [-0.05, 0) is 19.1 Å². The van der Waals surface area contributed by atoms with Gasteiger partial charge in [-0.1, -0.05) is 11.6 Å². The molecular formula is C21H23ClF3N7O. The predicted octanol–water partition coefficient (Wildman–Crippen LogP) is 3.70. The van der Waals surface area contributed by atoms with E-state index in [9.17, 15) is 13.2 Å². The van der Waals surface area contributed by atoms with Crippen molar-refractivity contribution in [2.45, 2.75) is 25.2 Å². The number of hydrogen-bond donors (Lipinski definition) is 1. The third-order valence-electron chi connectivity index (χ3n) is 6.08. The average Bonchev–Trinajstić information content (AvgIpc) is 3.17. The Hall–Kier alpha value is -2.63. The molecule has 0 bridgehead atoms. The van der Waals surface area contributed by atoms with E-state index in [0.29, 0.717) is 10.5 Å². The van der Waals surface area contributed by atoms with E-state index in [1.807, 2.05) is 12.1 Å². The number of nitrogens with one attached hydrogen (secondary N) is 1. The smallest absolute Gasteiger partial charge is 0.377 e. The number of ether oxygens (including phenoxy) is 1. The first kappa shape index (κ1) is 22.2. The zero-order chi connectivity index (χ0) is 23.2. The maximum Gasteiger partial charge on any atom is 0.408 e. The van der Waals surface area contributed by atoms with Crippen molar-refractivity contribution in [1.82, 2.24) is 24.6 Å². The molecule has 2 aliphatic heterocycles. The van der Waals surface area contributed by atoms with Crippen LogP contribution in [0.1, 0.15) is 6.92 Å². The Morgan fingerprint density at radius 3 is 2.61 bits per heavy atom. The largest absolute Gasteiger partial charge is 0.408 e. The number of aromatic nitrogens is 4. The van der Waals surface area contributed by atoms with Crippen molar-refractivity contribution in [2.24, 2.45) is 0 Å². The molecule has 2 aromatic heterocycles. The molecule has 0 amide bonds. The molecule has 1 aromatic carbocycles. The Labute approximate surface area is 193 Å². The second-order valence-corrected chi connectivity index (χ2v) is 9.07. The fourth-order valence-corrected chi connectivity index (χ4v) is 4.52. The number of hydrogen-bond acceptors (Lipinski definition) is 7. The summed E-state index contributed by atoms with van der Waals surface area (Å²) in [5, 5.41) is 8.14. The van der Waals surface area contributed by atoms with E-state index in [4.69, 9.17) is 16.3 Å². The number of anilines is 3. The highest BCUT2D eigenvalue weighted by Crippen LogP contribution is 2.33. The number of piperazine rings is 1. The van der Waals surface area contributed by atoms with E-state index in [1.165, 1.54) is 12.3 Å². The molecular weight excluding hydrogens is 459 g/mol. The van der Waals surface area contributed by atoms with Gasteiger partial charge in [0.1, 0.15) is 6.54 Å². The van der Waals surface area contributed by atoms with E-state index in [2.05, 4.69) is 37.1 Å². The quantitative estimate of drug-likeness (QED) is 0.596. The van der Waals surface area contributed by atoms with Crippen LogP contribution in [-0.2, 0) is 11.3 Å². The Bertz CT molecular complexity index is 1160. The van der Waals surface area contributed by atoms with Gasteiger partial charge in [0, 0.05) is 50.0 Å². The topological polar surface area (TPSA) is 71.3 Å². The Morgan fingerprint density at radius 2 is 1.94 bits per heavy atom. The van der Waals surface area contributed by atoms with Gasteiger partial charge in [-0.15, -0.1) is 0 Å². The van der Waals surface area contributed by atoms with Gasteiger partial charge in [0.05, 0.1) is 35.0 Å². The normalized spacial score (nSPS) is 19.0. The van der Waals surface area contributed by atoms with Crippen LogP contribution in [0.4, 0.5) is 30.6 Å². The minimum atomic E-state index is -4.34. The van der Waals surface area contributed by atoms with Gasteiger partial charge in [0.25, 0.3) is 0 Å². The van der Waals surface area contributed by atoms with Gasteiger partial charge < -0.3 is 15.0 Å². The molecule has 0 aliphatic carbocycles. The van der Waals surface area contributed by atoms with Crippen LogP contribution in [0.5, 0.6) is 0 Å². The zero-order valence-corrected chi connectivity index (χ0v) is 18.7. The van der Waals surface area contributed by atoms with Crippen LogP contribution in [0, 0.1) is 0 Å². The van der Waals surface area contributed by atoms with Crippen molar-refractivity contribution in [1.29, 1.82) is 0 Å². The van der Waals surface area contributed by atoms with Crippen molar-refractivity contribution in [2.75, 3.05) is 49.6 Å². The molecule has 0 radical (unpaired) electrons. The maximum atomic E-state index is 12.5. The number of benzene rings is 1. The second kappa shape index (κ2) is 8.30. The Kier molecular flexibility index (Phi) is 5.58. The number of nitrogens with zero attached hydrogens (tertiary/aromatic N) is 6. The number of fused-ring (bicyclic) bond motifs is 1. The van der Waals surface area contributed by atoms with E-state index in [1.54, 1.807) is 6.20 Å². The molecule has 4 heterocycles. The fourth-order valence-electron chi connectivity index (χ4n) is 4.22. The lowest BCUT2D eigenvalue weighted by atomic mass is 9.97. The summed E-state index contributed by atoms with van der Waals surface area (Å²) in [4.78, 5) is 13.5. The van der Waals surface area contributed by atoms with Gasteiger partial charge >= 0.3 is 6.18 Å². The Morgan fingerprint density at radius 1 is 1.18 bits per heavy atom. The molecule has 0 unspecified atom stereocenters. The van der Waals surface area contributed by atoms with Crippen LogP contribution < -0.4 is 10.2 Å². The summed E-state index contributed by atoms with van der Waals surface area (Å²) in [6.45, 7) is 6.13. The molecule has 3 aromatic rings. The SMILES string of the molecule is CC1(N2CCN(c3cc4nc(Nc5ccn(CC(F)(F)F)n5)ncc4cc3Cl)CC2)COC1. The van der Waals surface area contributed by atoms with Crippen LogP contribution in [0.15, 0.2) is 30.6 Å². The molecule has 2 saturated heterocycles. The van der Waals surface area contributed by atoms with Crippen molar-refractivity contribution in [3.63, 3.8) is 0 Å². The number of rotatable bonds is 5. The molecule has 2 fully saturated rings. The second-order valence-electron chi connectivity index (χ2n) is 8.66. The van der Waals surface area contributed by atoms with Gasteiger partial charge in [0.2, 0.25) is 5.95 Å². The molecule has 8 nitrogen and oxygen atoms in total. The minimum absolute atomic E-state index is 0.125. The van der Waals surface area contributed by atoms with Crippen LogP contribution in [0.25, 0.3) is 10.9 Å². The van der Waals surface area contributed by atoms with E-state index in [-0.39, 0.29) is 17.3 Å². The summed E-state index contributed by atoms with van der Waals surface area (Å²) in [6, 6.07) is 5.21. The first-order valence-electron chi connectivity index (χ1n) is 10.6. The van der Waals surface area contributed by atoms with Gasteiger partial charge in [0.15, 0.2) is 5.82 Å². The Balaban J connectivity index is 1.32. The fraction of sp³-hybridized carbons (Fsp3) is 0.476. The molecule has 0 spiro atoms. The first-order chi connectivity index (χ1) is 15.7. The van der Waals surface area contributed by atoms with E-state index >= 15 is 0 Å². The molecule has 0 saturated carbocycles. The molecule has 12 heteroatoms. The lowest BCUT2D eigenvalue weighted by molar-refractivity contribution is -0.142. The zero-order valence-electron chi connectivity index (χ0n) is 17.9. The van der Waals surface area contributed by atoms with Crippen LogP contribution >= 0.6 is 11.6 Å². The van der Waals surface area contributed by atoms with Crippen LogP contribution in [-0.4, -0.2) is 75.8 Å². The predicted molar refractivity (Wildman–Crippen MR) is 119 cm³/mol. The number of alkyl halides is 3. The standard InChI is InChI=1S/C21H23ClF3N7O/c1-20(12-33-13-20)31-6-4-30(5-7-31)17-9-16-14(8-15(17)22)10-26-19(27-16)28-18-2-3-32(29-18)11-21(23,24)25/h2-3,8-10H,4-7,11-13H2,1H3,(H,26,27,28,29). The van der Waals surface area contributed by atoms with Crippen molar-refractivity contribution in [3.05, 3.63) is 35.6 Å². The van der Waals surface area contributed by atoms with E-state index in [0.717, 1.165) is 55.1 Å². The van der Waals surface area contributed by atoms with Crippen molar-refractivity contribution >= 4 is 40.0 Å². The molecule has 33 heavy (non-hydrogen) atoms. The molecule has 2 aliphatic rings. The summed E-state index contributed by atoms with van der Waals surface area (Å²) in [7, 11) is 0. The summed E-state index contributed by atoms with van der Waals surface area (Å²) in [6.07, 6.45) is -1.46. The van der Waals surface area contributed by atoms with Gasteiger partial charge in [-0.25, -0.2) is 9.97 Å². The summed E-state index contributed by atoms with van der Waals surface area (Å²) in [5.74, 6) is 0.480. The minimum Gasteiger partial charge on any atom is -0.377 e. The average molecular weight is 482 g/mol. The highest BCUT2D eigenvalue weighted by molar-refractivity contribution is 6.34. The summed E-state index contributed by atoms with van der Waals surface area (Å²) in [5.41, 5.74) is 1.71. The number of halogens is 4. The maximum absolute atomic E-state index is 12.5. The highest BCUT2D eigenvalue weighted by atomic mass is 35.5. The van der Waals surface area contributed by atoms with Gasteiger partial charge in [-0.2, -0.15) is 18.3 Å². The molecule has 0 atom stereocenters. The van der Waals surface area contributed by atoms with Gasteiger partial charge in [-0.3, -0.25) is 9.58 Å². The molecule has 5 rings (SSSR count). The van der Waals surface area contributed by atoms with Crippen molar-refractivity contribution in [3.8, 4) is 0 Å². The monoisotopic (exact) mass is 481 g/mol. The molecule has 176 valence electrons. The summed E-state index contributed by atoms with van der Waals surface area (Å²) < 4.78 is 43.9. The lowest BCUT2D eigenvalue weighted by Gasteiger charge is -2.50. The third-order valence-corrected chi connectivity index (χ3v) is 6.38. The first-order valence-corrected chi connectivity index (χ1v) is 11.0.